The van der Waals surface area contributed by atoms with Crippen molar-refractivity contribution < 1.29 is 28.8 Å². The van der Waals surface area contributed by atoms with Crippen LogP contribution in [0.15, 0.2) is 30.3 Å². The zero-order valence-corrected chi connectivity index (χ0v) is 13.0. The lowest BCUT2D eigenvalue weighted by Gasteiger charge is -2.14. The average Bonchev–Trinajstić information content (AvgIpc) is 2.56. The minimum Gasteiger partial charge on any atom is -0.506 e. The standard InChI is InChI=1S/C16H17NO6/c1-20-13-7-10(8-14(21-2)15(13)22-3)23-16(19)9-4-5-12(18)11(17)6-9/h4-8,18H,17H2,1-3H3. The van der Waals surface area contributed by atoms with E-state index in [1.807, 2.05) is 0 Å². The Hall–Kier alpha value is -3.09. The molecule has 0 fully saturated rings. The van der Waals surface area contributed by atoms with Gasteiger partial charge in [0.25, 0.3) is 0 Å². The highest BCUT2D eigenvalue weighted by Gasteiger charge is 2.17. The summed E-state index contributed by atoms with van der Waals surface area (Å²) in [5, 5.41) is 9.39. The fourth-order valence-corrected chi connectivity index (χ4v) is 1.96. The van der Waals surface area contributed by atoms with E-state index >= 15 is 0 Å². The quantitative estimate of drug-likeness (QED) is 0.377. The molecule has 0 saturated carbocycles. The van der Waals surface area contributed by atoms with Crippen LogP contribution in [0.2, 0.25) is 0 Å². The number of nitrogens with two attached hydrogens (primary N) is 1. The first-order valence-corrected chi connectivity index (χ1v) is 6.60. The highest BCUT2D eigenvalue weighted by Crippen LogP contribution is 2.41. The number of methoxy groups -OCH3 is 3. The summed E-state index contributed by atoms with van der Waals surface area (Å²) in [6.07, 6.45) is 0. The minimum atomic E-state index is -0.633. The molecule has 0 radical (unpaired) electrons. The Morgan fingerprint density at radius 3 is 2.09 bits per heavy atom. The monoisotopic (exact) mass is 319 g/mol. The van der Waals surface area contributed by atoms with E-state index in [0.717, 1.165) is 0 Å². The van der Waals surface area contributed by atoms with Gasteiger partial charge in [0, 0.05) is 12.1 Å². The zero-order chi connectivity index (χ0) is 17.0. The summed E-state index contributed by atoms with van der Waals surface area (Å²) in [5.74, 6) is 0.597. The number of carbonyl (C=O) groups is 1. The van der Waals surface area contributed by atoms with Crippen LogP contribution in [0.25, 0.3) is 0 Å². The molecule has 23 heavy (non-hydrogen) atoms. The van der Waals surface area contributed by atoms with Crippen LogP contribution in [0.5, 0.6) is 28.7 Å². The Balaban J connectivity index is 2.31. The van der Waals surface area contributed by atoms with Crippen molar-refractivity contribution in [3.05, 3.63) is 35.9 Å². The molecule has 0 unspecified atom stereocenters. The van der Waals surface area contributed by atoms with Crippen LogP contribution in [-0.2, 0) is 0 Å². The van der Waals surface area contributed by atoms with E-state index in [1.54, 1.807) is 0 Å². The predicted octanol–water partition coefficient (Wildman–Crippen LogP) is 2.22. The van der Waals surface area contributed by atoms with Crippen LogP contribution >= 0.6 is 0 Å². The van der Waals surface area contributed by atoms with Crippen molar-refractivity contribution in [2.24, 2.45) is 0 Å². The van der Waals surface area contributed by atoms with Crippen LogP contribution in [0, 0.1) is 0 Å². The molecule has 0 aromatic heterocycles. The molecule has 3 N–H and O–H groups in total. The van der Waals surface area contributed by atoms with Gasteiger partial charge in [-0.1, -0.05) is 0 Å². The van der Waals surface area contributed by atoms with E-state index in [9.17, 15) is 9.90 Å². The predicted molar refractivity (Wildman–Crippen MR) is 83.6 cm³/mol. The molecule has 0 bridgehead atoms. The highest BCUT2D eigenvalue weighted by atomic mass is 16.5. The number of benzene rings is 2. The summed E-state index contributed by atoms with van der Waals surface area (Å²) >= 11 is 0. The molecule has 2 rings (SSSR count). The number of hydrogen-bond donors (Lipinski definition) is 2. The molecule has 2 aromatic rings. The Morgan fingerprint density at radius 2 is 1.61 bits per heavy atom. The van der Waals surface area contributed by atoms with Crippen molar-refractivity contribution in [1.29, 1.82) is 0 Å². The maximum absolute atomic E-state index is 12.2. The third-order valence-corrected chi connectivity index (χ3v) is 3.11. The number of ether oxygens (including phenoxy) is 4. The lowest BCUT2D eigenvalue weighted by atomic mass is 10.2. The molecule has 2 aromatic carbocycles. The molecule has 0 spiro atoms. The van der Waals surface area contributed by atoms with Gasteiger partial charge >= 0.3 is 5.97 Å². The summed E-state index contributed by atoms with van der Waals surface area (Å²) in [6, 6.07) is 7.06. The van der Waals surface area contributed by atoms with Gasteiger partial charge in [0.05, 0.1) is 32.6 Å². The summed E-state index contributed by atoms with van der Waals surface area (Å²) in [7, 11) is 4.40. The Morgan fingerprint density at radius 1 is 1.00 bits per heavy atom. The van der Waals surface area contributed by atoms with E-state index in [0.29, 0.717) is 17.2 Å². The van der Waals surface area contributed by atoms with Crippen LogP contribution in [-0.4, -0.2) is 32.4 Å². The van der Waals surface area contributed by atoms with Crippen molar-refractivity contribution >= 4 is 11.7 Å². The lowest BCUT2D eigenvalue weighted by Crippen LogP contribution is -2.09. The fraction of sp³-hybridized carbons (Fsp3) is 0.188. The average molecular weight is 319 g/mol. The topological polar surface area (TPSA) is 100 Å². The van der Waals surface area contributed by atoms with Crippen LogP contribution in [0.4, 0.5) is 5.69 Å². The first kappa shape index (κ1) is 16.3. The number of hydrogen-bond acceptors (Lipinski definition) is 7. The van der Waals surface area contributed by atoms with Crippen molar-refractivity contribution in [1.82, 2.24) is 0 Å². The molecule has 7 nitrogen and oxygen atoms in total. The first-order valence-electron chi connectivity index (χ1n) is 6.60. The zero-order valence-electron chi connectivity index (χ0n) is 13.0. The van der Waals surface area contributed by atoms with Gasteiger partial charge in [-0.05, 0) is 18.2 Å². The van der Waals surface area contributed by atoms with Crippen LogP contribution in [0.3, 0.4) is 0 Å². The molecule has 7 heteroatoms. The van der Waals surface area contributed by atoms with E-state index in [2.05, 4.69) is 0 Å². The van der Waals surface area contributed by atoms with Crippen molar-refractivity contribution in [2.45, 2.75) is 0 Å². The lowest BCUT2D eigenvalue weighted by molar-refractivity contribution is 0.0734. The second kappa shape index (κ2) is 6.78. The molecule has 0 amide bonds. The van der Waals surface area contributed by atoms with Gasteiger partial charge in [-0.25, -0.2) is 4.79 Å². The molecular formula is C16H17NO6. The summed E-state index contributed by atoms with van der Waals surface area (Å²) in [6.45, 7) is 0. The molecule has 0 heterocycles. The molecular weight excluding hydrogens is 302 g/mol. The van der Waals surface area contributed by atoms with Crippen LogP contribution in [0.1, 0.15) is 10.4 Å². The van der Waals surface area contributed by atoms with E-state index in [4.69, 9.17) is 24.7 Å². The Bertz CT molecular complexity index is 704. The third kappa shape index (κ3) is 3.39. The number of carbonyl (C=O) groups excluding carboxylic acids is 1. The van der Waals surface area contributed by atoms with E-state index < -0.39 is 5.97 Å². The second-order valence-electron chi connectivity index (χ2n) is 4.52. The van der Waals surface area contributed by atoms with Gasteiger partial charge in [-0.15, -0.1) is 0 Å². The molecule has 122 valence electrons. The van der Waals surface area contributed by atoms with Gasteiger partial charge in [0.1, 0.15) is 11.5 Å². The summed E-state index contributed by atoms with van der Waals surface area (Å²) < 4.78 is 20.9. The minimum absolute atomic E-state index is 0.0874. The van der Waals surface area contributed by atoms with E-state index in [-0.39, 0.29) is 22.7 Å². The van der Waals surface area contributed by atoms with Crippen molar-refractivity contribution in [2.75, 3.05) is 27.1 Å². The summed E-state index contributed by atoms with van der Waals surface area (Å²) in [5.41, 5.74) is 5.86. The SMILES string of the molecule is COc1cc(OC(=O)c2ccc(O)c(N)c2)cc(OC)c1OC. The number of phenols is 1. The van der Waals surface area contributed by atoms with Crippen molar-refractivity contribution in [3.8, 4) is 28.7 Å². The largest absolute Gasteiger partial charge is 0.506 e. The molecule has 0 aliphatic rings. The normalized spacial score (nSPS) is 10.0. The smallest absolute Gasteiger partial charge is 0.343 e. The highest BCUT2D eigenvalue weighted by molar-refractivity contribution is 5.92. The number of esters is 1. The number of nitrogen functional groups attached to an aromatic ring is 1. The Labute approximate surface area is 133 Å². The molecule has 0 aliphatic heterocycles. The maximum Gasteiger partial charge on any atom is 0.343 e. The molecule has 0 saturated heterocycles. The van der Waals surface area contributed by atoms with Gasteiger partial charge in [0.2, 0.25) is 5.75 Å². The van der Waals surface area contributed by atoms with Gasteiger partial charge in [-0.2, -0.15) is 0 Å². The number of rotatable bonds is 5. The maximum atomic E-state index is 12.2. The van der Waals surface area contributed by atoms with Gasteiger partial charge in [0.15, 0.2) is 11.5 Å². The number of aromatic hydroxyl groups is 1. The first-order chi connectivity index (χ1) is 11.0. The molecule has 0 atom stereocenters. The number of anilines is 1. The van der Waals surface area contributed by atoms with Crippen LogP contribution < -0.4 is 24.7 Å². The second-order valence-corrected chi connectivity index (χ2v) is 4.52. The Kier molecular flexibility index (Phi) is 4.80. The molecule has 0 aliphatic carbocycles. The fourth-order valence-electron chi connectivity index (χ4n) is 1.96. The van der Waals surface area contributed by atoms with Gasteiger partial charge < -0.3 is 29.8 Å². The van der Waals surface area contributed by atoms with Crippen molar-refractivity contribution in [3.63, 3.8) is 0 Å². The third-order valence-electron chi connectivity index (χ3n) is 3.11. The van der Waals surface area contributed by atoms with E-state index in [1.165, 1.54) is 51.7 Å². The summed E-state index contributed by atoms with van der Waals surface area (Å²) in [4.78, 5) is 12.2. The van der Waals surface area contributed by atoms with Gasteiger partial charge in [-0.3, -0.25) is 0 Å². The number of phenolic OH excluding ortho intramolecular Hbond substituents is 1.